The zero-order chi connectivity index (χ0) is 12.5. The normalized spacial score (nSPS) is 16.6. The first kappa shape index (κ1) is 11.4. The van der Waals surface area contributed by atoms with Gasteiger partial charge in [-0.3, -0.25) is 10.6 Å². The molecule has 0 amide bonds. The number of aryl methyl sites for hydroxylation is 1. The van der Waals surface area contributed by atoms with Crippen LogP contribution in [0.2, 0.25) is 0 Å². The third-order valence-corrected chi connectivity index (χ3v) is 3.21. The highest BCUT2D eigenvalue weighted by molar-refractivity contribution is 5.84. The van der Waals surface area contributed by atoms with Crippen LogP contribution in [0, 0.1) is 6.08 Å². The molecule has 1 aliphatic heterocycles. The first-order valence-electron chi connectivity index (χ1n) is 6.18. The van der Waals surface area contributed by atoms with E-state index in [2.05, 4.69) is 25.9 Å². The van der Waals surface area contributed by atoms with Crippen molar-refractivity contribution < 1.29 is 4.39 Å². The predicted octanol–water partition coefficient (Wildman–Crippen LogP) is 1.15. The number of aromatic nitrogens is 2. The van der Waals surface area contributed by atoms with Crippen molar-refractivity contribution >= 4 is 16.7 Å². The topological polar surface area (TPSA) is 64.8 Å². The van der Waals surface area contributed by atoms with Crippen LogP contribution in [-0.2, 0) is 6.42 Å². The van der Waals surface area contributed by atoms with E-state index in [-0.39, 0.29) is 6.29 Å². The van der Waals surface area contributed by atoms with Crippen LogP contribution in [0.3, 0.4) is 0 Å². The summed E-state index contributed by atoms with van der Waals surface area (Å²) >= 11 is 0. The van der Waals surface area contributed by atoms with E-state index in [1.807, 2.05) is 19.1 Å². The summed E-state index contributed by atoms with van der Waals surface area (Å²) in [5.74, 6) is 0. The van der Waals surface area contributed by atoms with Crippen LogP contribution in [0.15, 0.2) is 12.1 Å². The van der Waals surface area contributed by atoms with Crippen LogP contribution in [0.4, 0.5) is 10.1 Å². The number of fused-ring (bicyclic) bond motifs is 1. The number of nitrogens with one attached hydrogen (secondary N) is 4. The molecular formula is C12H16FN5. The Kier molecular flexibility index (Phi) is 2.89. The number of aromatic amines is 1. The molecule has 1 aromatic heterocycles. The molecule has 1 saturated heterocycles. The molecular weight excluding hydrogens is 233 g/mol. The van der Waals surface area contributed by atoms with Crippen molar-refractivity contribution in [3.8, 4) is 0 Å². The van der Waals surface area contributed by atoms with Crippen LogP contribution in [-0.4, -0.2) is 29.3 Å². The average molecular weight is 249 g/mol. The fourth-order valence-corrected chi connectivity index (χ4v) is 2.36. The number of rotatable bonds is 3. The summed E-state index contributed by atoms with van der Waals surface area (Å²) in [4.78, 5) is 6.53. The van der Waals surface area contributed by atoms with Crippen LogP contribution < -0.4 is 16.0 Å². The van der Waals surface area contributed by atoms with Gasteiger partial charge < -0.3 is 10.3 Å². The highest BCUT2D eigenvalue weighted by Crippen LogP contribution is 2.25. The third kappa shape index (κ3) is 1.93. The van der Waals surface area contributed by atoms with E-state index in [1.165, 1.54) is 0 Å². The van der Waals surface area contributed by atoms with Gasteiger partial charge in [-0.1, -0.05) is 6.92 Å². The van der Waals surface area contributed by atoms with Gasteiger partial charge in [-0.2, -0.15) is 4.39 Å². The van der Waals surface area contributed by atoms with E-state index in [0.29, 0.717) is 5.52 Å². The van der Waals surface area contributed by atoms with Gasteiger partial charge in [-0.05, 0) is 18.6 Å². The summed E-state index contributed by atoms with van der Waals surface area (Å²) in [6.45, 7) is 3.93. The molecule has 0 unspecified atom stereocenters. The molecule has 2 aromatic rings. The van der Waals surface area contributed by atoms with Gasteiger partial charge in [0.05, 0.1) is 11.0 Å². The molecule has 0 bridgehead atoms. The molecule has 3 rings (SSSR count). The highest BCUT2D eigenvalue weighted by Gasteiger charge is 2.16. The number of hydrogen-bond donors (Lipinski definition) is 4. The van der Waals surface area contributed by atoms with E-state index in [0.717, 1.165) is 36.3 Å². The Labute approximate surface area is 104 Å². The zero-order valence-corrected chi connectivity index (χ0v) is 10.2. The maximum Gasteiger partial charge on any atom is 0.287 e. The average Bonchev–Trinajstić information content (AvgIpc) is 2.97. The molecule has 1 aromatic carbocycles. The van der Waals surface area contributed by atoms with Gasteiger partial charge in [-0.15, -0.1) is 0 Å². The number of hydrogen-bond acceptors (Lipinski definition) is 4. The van der Waals surface area contributed by atoms with Gasteiger partial charge in [0.25, 0.3) is 6.08 Å². The standard InChI is InChI=1S/C12H16FN5/c1-2-7-8(17-12-14-5-6-15-12)3-4-9-10(7)18-11(13)16-9/h3-4,12,14-15,17H,2,5-6H2,1H3,(H,16,18). The number of H-pyrrole nitrogens is 1. The second kappa shape index (κ2) is 4.55. The third-order valence-electron chi connectivity index (χ3n) is 3.21. The highest BCUT2D eigenvalue weighted by atomic mass is 19.1. The Morgan fingerprint density at radius 1 is 1.39 bits per heavy atom. The minimum atomic E-state index is -0.533. The van der Waals surface area contributed by atoms with Gasteiger partial charge >= 0.3 is 0 Å². The first-order valence-corrected chi connectivity index (χ1v) is 6.18. The quantitative estimate of drug-likeness (QED) is 0.659. The number of nitrogens with zero attached hydrogens (tertiary/aromatic N) is 1. The Hall–Kier alpha value is -1.66. The van der Waals surface area contributed by atoms with Gasteiger partial charge in [-0.25, -0.2) is 4.98 Å². The smallest absolute Gasteiger partial charge is 0.287 e. The molecule has 2 heterocycles. The second-order valence-corrected chi connectivity index (χ2v) is 4.35. The summed E-state index contributed by atoms with van der Waals surface area (Å²) in [7, 11) is 0. The van der Waals surface area contributed by atoms with Crippen molar-refractivity contribution in [2.45, 2.75) is 19.6 Å². The van der Waals surface area contributed by atoms with Gasteiger partial charge in [0, 0.05) is 24.3 Å². The van der Waals surface area contributed by atoms with Crippen LogP contribution in [0.1, 0.15) is 12.5 Å². The maximum absolute atomic E-state index is 13.2. The van der Waals surface area contributed by atoms with Crippen LogP contribution in [0.25, 0.3) is 11.0 Å². The van der Waals surface area contributed by atoms with Crippen molar-refractivity contribution in [2.75, 3.05) is 18.4 Å². The van der Waals surface area contributed by atoms with Crippen molar-refractivity contribution in [3.63, 3.8) is 0 Å². The minimum absolute atomic E-state index is 0.0662. The van der Waals surface area contributed by atoms with Crippen LogP contribution >= 0.6 is 0 Å². The summed E-state index contributed by atoms with van der Waals surface area (Å²) in [5, 5.41) is 9.93. The fourth-order valence-electron chi connectivity index (χ4n) is 2.36. The first-order chi connectivity index (χ1) is 8.78. The molecule has 5 nitrogen and oxygen atoms in total. The lowest BCUT2D eigenvalue weighted by molar-refractivity contribution is 0.556. The molecule has 96 valence electrons. The van der Waals surface area contributed by atoms with E-state index in [4.69, 9.17) is 0 Å². The molecule has 4 N–H and O–H groups in total. The Bertz CT molecular complexity index is 559. The fraction of sp³-hybridized carbons (Fsp3) is 0.417. The SMILES string of the molecule is CCc1c(NC2NCCN2)ccc2[nH]c(F)nc12. The Morgan fingerprint density at radius 2 is 2.17 bits per heavy atom. The van der Waals surface area contributed by atoms with Gasteiger partial charge in [0.1, 0.15) is 6.29 Å². The van der Waals surface area contributed by atoms with Crippen molar-refractivity contribution in [2.24, 2.45) is 0 Å². The number of halogens is 1. The van der Waals surface area contributed by atoms with Crippen molar-refractivity contribution in [3.05, 3.63) is 23.8 Å². The molecule has 1 fully saturated rings. The molecule has 0 aliphatic carbocycles. The molecule has 0 spiro atoms. The summed E-state index contributed by atoms with van der Waals surface area (Å²) in [5.41, 5.74) is 3.46. The van der Waals surface area contributed by atoms with E-state index in [1.54, 1.807) is 0 Å². The molecule has 1 aliphatic rings. The molecule has 0 atom stereocenters. The summed E-state index contributed by atoms with van der Waals surface area (Å²) in [6, 6.07) is 3.81. The van der Waals surface area contributed by atoms with Crippen molar-refractivity contribution in [1.82, 2.24) is 20.6 Å². The number of imidazole rings is 1. The lowest BCUT2D eigenvalue weighted by Crippen LogP contribution is -2.39. The molecule has 18 heavy (non-hydrogen) atoms. The molecule has 0 saturated carbocycles. The lowest BCUT2D eigenvalue weighted by Gasteiger charge is -2.17. The van der Waals surface area contributed by atoms with Gasteiger partial charge in [0.2, 0.25) is 0 Å². The van der Waals surface area contributed by atoms with E-state index >= 15 is 0 Å². The van der Waals surface area contributed by atoms with Gasteiger partial charge in [0.15, 0.2) is 0 Å². The monoisotopic (exact) mass is 249 g/mol. The number of benzene rings is 1. The Balaban J connectivity index is 1.99. The van der Waals surface area contributed by atoms with Crippen LogP contribution in [0.5, 0.6) is 0 Å². The lowest BCUT2D eigenvalue weighted by atomic mass is 10.1. The second-order valence-electron chi connectivity index (χ2n) is 4.35. The molecule has 0 radical (unpaired) electrons. The molecule has 6 heteroatoms. The van der Waals surface area contributed by atoms with E-state index < -0.39 is 6.08 Å². The minimum Gasteiger partial charge on any atom is -0.357 e. The zero-order valence-electron chi connectivity index (χ0n) is 10.2. The summed E-state index contributed by atoms with van der Waals surface area (Å²) < 4.78 is 13.2. The van der Waals surface area contributed by atoms with Crippen molar-refractivity contribution in [1.29, 1.82) is 0 Å². The largest absolute Gasteiger partial charge is 0.357 e. The summed E-state index contributed by atoms with van der Waals surface area (Å²) in [6.07, 6.45) is 0.335. The maximum atomic E-state index is 13.2. The Morgan fingerprint density at radius 3 is 2.89 bits per heavy atom. The van der Waals surface area contributed by atoms with E-state index in [9.17, 15) is 4.39 Å². The predicted molar refractivity (Wildman–Crippen MR) is 68.8 cm³/mol. The number of anilines is 1.